The third kappa shape index (κ3) is 3.44. The van der Waals surface area contributed by atoms with Crippen LogP contribution in [0.1, 0.15) is 39.0 Å². The van der Waals surface area contributed by atoms with E-state index in [9.17, 15) is 8.42 Å². The molecule has 0 heterocycles. The van der Waals surface area contributed by atoms with E-state index in [4.69, 9.17) is 0 Å². The Labute approximate surface area is 105 Å². The maximum Gasteiger partial charge on any atom is 0.147 e. The molecule has 1 N–H and O–H groups in total. The molecule has 4 heteroatoms. The van der Waals surface area contributed by atoms with Crippen molar-refractivity contribution in [3.8, 4) is 0 Å². The molecule has 0 aliphatic heterocycles. The molecule has 3 nitrogen and oxygen atoms in total. The molecule has 17 heavy (non-hydrogen) atoms. The monoisotopic (exact) mass is 259 g/mol. The van der Waals surface area contributed by atoms with Crippen molar-refractivity contribution in [2.24, 2.45) is 17.8 Å². The van der Waals surface area contributed by atoms with Gasteiger partial charge in [-0.05, 0) is 50.0 Å². The Morgan fingerprint density at radius 2 is 1.94 bits per heavy atom. The van der Waals surface area contributed by atoms with E-state index in [1.807, 2.05) is 0 Å². The minimum absolute atomic E-state index is 0.338. The van der Waals surface area contributed by atoms with Gasteiger partial charge in [-0.25, -0.2) is 8.42 Å². The van der Waals surface area contributed by atoms with Crippen LogP contribution < -0.4 is 5.32 Å². The number of rotatable bonds is 7. The number of sulfone groups is 1. The van der Waals surface area contributed by atoms with E-state index in [0.29, 0.717) is 11.8 Å². The molecular weight excluding hydrogens is 234 g/mol. The van der Waals surface area contributed by atoms with Crippen LogP contribution >= 0.6 is 0 Å². The fourth-order valence-corrected chi connectivity index (χ4v) is 4.26. The van der Waals surface area contributed by atoms with Crippen molar-refractivity contribution in [3.05, 3.63) is 0 Å². The van der Waals surface area contributed by atoms with Crippen molar-refractivity contribution in [2.45, 2.75) is 45.1 Å². The Morgan fingerprint density at radius 3 is 2.47 bits per heavy atom. The van der Waals surface area contributed by atoms with E-state index in [1.165, 1.54) is 25.5 Å². The lowest BCUT2D eigenvalue weighted by molar-refractivity contribution is 0.396. The lowest BCUT2D eigenvalue weighted by Crippen LogP contribution is -2.35. The first-order valence-corrected chi connectivity index (χ1v) is 9.00. The molecule has 2 fully saturated rings. The third-order valence-corrected chi connectivity index (χ3v) is 5.37. The highest BCUT2D eigenvalue weighted by Crippen LogP contribution is 2.59. The minimum Gasteiger partial charge on any atom is -0.314 e. The van der Waals surface area contributed by atoms with Gasteiger partial charge in [-0.2, -0.15) is 0 Å². The average molecular weight is 259 g/mol. The van der Waals surface area contributed by atoms with Gasteiger partial charge in [-0.1, -0.05) is 13.3 Å². The molecule has 0 bridgehead atoms. The van der Waals surface area contributed by atoms with Crippen molar-refractivity contribution in [2.75, 3.05) is 18.6 Å². The van der Waals surface area contributed by atoms with Crippen molar-refractivity contribution in [3.63, 3.8) is 0 Å². The van der Waals surface area contributed by atoms with Gasteiger partial charge in [-0.3, -0.25) is 0 Å². The van der Waals surface area contributed by atoms with Crippen LogP contribution in [-0.4, -0.2) is 33.0 Å². The summed E-state index contributed by atoms with van der Waals surface area (Å²) in [6.45, 7) is 3.18. The molecule has 0 saturated heterocycles. The first-order valence-electron chi connectivity index (χ1n) is 6.94. The molecule has 3 atom stereocenters. The van der Waals surface area contributed by atoms with Crippen LogP contribution in [0.25, 0.3) is 0 Å². The summed E-state index contributed by atoms with van der Waals surface area (Å²) < 4.78 is 22.5. The fraction of sp³-hybridized carbons (Fsp3) is 1.00. The summed E-state index contributed by atoms with van der Waals surface area (Å²) in [7, 11) is -2.81. The second-order valence-corrected chi connectivity index (χ2v) is 8.07. The molecule has 100 valence electrons. The average Bonchev–Trinajstić information content (AvgIpc) is 2.72. The molecule has 2 saturated carbocycles. The molecule has 0 aromatic heterocycles. The minimum atomic E-state index is -2.81. The zero-order valence-corrected chi connectivity index (χ0v) is 11.8. The zero-order valence-electron chi connectivity index (χ0n) is 11.0. The largest absolute Gasteiger partial charge is 0.314 e. The number of nitrogens with one attached hydrogen (secondary N) is 1. The van der Waals surface area contributed by atoms with Gasteiger partial charge in [0.15, 0.2) is 0 Å². The van der Waals surface area contributed by atoms with Gasteiger partial charge >= 0.3 is 0 Å². The smallest absolute Gasteiger partial charge is 0.147 e. The van der Waals surface area contributed by atoms with Crippen molar-refractivity contribution < 1.29 is 8.42 Å². The summed E-state index contributed by atoms with van der Waals surface area (Å²) in [6, 6.07) is 0.444. The van der Waals surface area contributed by atoms with E-state index < -0.39 is 9.84 Å². The highest BCUT2D eigenvalue weighted by Gasteiger charge is 2.55. The highest BCUT2D eigenvalue weighted by molar-refractivity contribution is 7.90. The summed E-state index contributed by atoms with van der Waals surface area (Å²) in [6.07, 6.45) is 7.40. The second-order valence-electron chi connectivity index (χ2n) is 5.82. The summed E-state index contributed by atoms with van der Waals surface area (Å²) in [5, 5.41) is 3.57. The highest BCUT2D eigenvalue weighted by atomic mass is 32.2. The summed E-state index contributed by atoms with van der Waals surface area (Å²) >= 11 is 0. The summed E-state index contributed by atoms with van der Waals surface area (Å²) in [4.78, 5) is 0. The second kappa shape index (κ2) is 5.27. The number of fused-ring (bicyclic) bond motifs is 1. The third-order valence-electron chi connectivity index (χ3n) is 4.39. The normalized spacial score (nSPS) is 33.4. The molecule has 2 aliphatic rings. The van der Waals surface area contributed by atoms with Crippen molar-refractivity contribution in [1.82, 2.24) is 5.32 Å². The first-order chi connectivity index (χ1) is 8.03. The Bertz CT molecular complexity index is 342. The Balaban J connectivity index is 1.85. The molecule has 0 amide bonds. The van der Waals surface area contributed by atoms with Gasteiger partial charge in [0.25, 0.3) is 0 Å². The van der Waals surface area contributed by atoms with E-state index >= 15 is 0 Å². The predicted octanol–water partition coefficient (Wildman–Crippen LogP) is 1.84. The van der Waals surface area contributed by atoms with Crippen LogP contribution in [0.3, 0.4) is 0 Å². The maximum absolute atomic E-state index is 11.3. The lowest BCUT2D eigenvalue weighted by atomic mass is 10.0. The van der Waals surface area contributed by atoms with Gasteiger partial charge in [0.05, 0.1) is 5.75 Å². The maximum atomic E-state index is 11.3. The zero-order chi connectivity index (χ0) is 12.5. The fourth-order valence-electron chi connectivity index (χ4n) is 3.58. The van der Waals surface area contributed by atoms with Crippen molar-refractivity contribution >= 4 is 9.84 Å². The summed E-state index contributed by atoms with van der Waals surface area (Å²) in [5.41, 5.74) is 0. The number of hydrogen-bond donors (Lipinski definition) is 1. The molecule has 2 rings (SSSR count). The van der Waals surface area contributed by atoms with Crippen LogP contribution in [0.15, 0.2) is 0 Å². The van der Waals surface area contributed by atoms with Crippen LogP contribution in [0.4, 0.5) is 0 Å². The molecule has 0 spiro atoms. The first kappa shape index (κ1) is 13.3. The van der Waals surface area contributed by atoms with Crippen molar-refractivity contribution in [1.29, 1.82) is 0 Å². The van der Waals surface area contributed by atoms with Gasteiger partial charge in [0.2, 0.25) is 0 Å². The van der Waals surface area contributed by atoms with E-state index in [2.05, 4.69) is 12.2 Å². The molecule has 2 aliphatic carbocycles. The Hall–Kier alpha value is -0.0900. The predicted molar refractivity (Wildman–Crippen MR) is 70.7 cm³/mol. The summed E-state index contributed by atoms with van der Waals surface area (Å²) in [5.74, 6) is 2.93. The van der Waals surface area contributed by atoms with Gasteiger partial charge in [0.1, 0.15) is 9.84 Å². The van der Waals surface area contributed by atoms with Crippen LogP contribution in [0, 0.1) is 17.8 Å². The molecule has 0 radical (unpaired) electrons. The quantitative estimate of drug-likeness (QED) is 0.759. The van der Waals surface area contributed by atoms with Crippen LogP contribution in [0.2, 0.25) is 0 Å². The SMILES string of the molecule is CCCNC(CCS(C)(=O)=O)C1C2CCCC21. The van der Waals surface area contributed by atoms with Gasteiger partial charge in [-0.15, -0.1) is 0 Å². The number of hydrogen-bond acceptors (Lipinski definition) is 3. The Kier molecular flexibility index (Phi) is 4.14. The van der Waals surface area contributed by atoms with Gasteiger partial charge < -0.3 is 5.32 Å². The van der Waals surface area contributed by atoms with Crippen LogP contribution in [-0.2, 0) is 9.84 Å². The molecule has 0 aromatic carbocycles. The van der Waals surface area contributed by atoms with E-state index in [0.717, 1.165) is 37.1 Å². The van der Waals surface area contributed by atoms with Crippen LogP contribution in [0.5, 0.6) is 0 Å². The van der Waals surface area contributed by atoms with Gasteiger partial charge in [0, 0.05) is 12.3 Å². The molecule has 3 unspecified atom stereocenters. The molecular formula is C13H25NO2S. The van der Waals surface area contributed by atoms with E-state index in [-0.39, 0.29) is 0 Å². The topological polar surface area (TPSA) is 46.2 Å². The molecule has 0 aromatic rings. The van der Waals surface area contributed by atoms with E-state index in [1.54, 1.807) is 0 Å². The lowest BCUT2D eigenvalue weighted by Gasteiger charge is -2.20. The Morgan fingerprint density at radius 1 is 1.29 bits per heavy atom. The standard InChI is InChI=1S/C13H25NO2S/c1-3-8-14-12(7-9-17(2,15)16)13-10-5-4-6-11(10)13/h10-14H,3-9H2,1-2H3.